The molecule has 0 aromatic heterocycles. The third kappa shape index (κ3) is 29.5. The second kappa shape index (κ2) is 36.0. The summed E-state index contributed by atoms with van der Waals surface area (Å²) in [6.07, 6.45) is 30.0. The first kappa shape index (κ1) is 54.4. The number of ether oxygens (including phenoxy) is 2. The zero-order chi connectivity index (χ0) is 42.7. The number of nitrogens with two attached hydrogens (primary N) is 1. The van der Waals surface area contributed by atoms with Crippen LogP contribution in [0.25, 0.3) is 0 Å². The molecular formula is C45H84NO11P. The maximum absolute atomic E-state index is 12.7. The number of hydrogen-bond acceptors (Lipinski definition) is 11. The highest BCUT2D eigenvalue weighted by Gasteiger charge is 2.39. The lowest BCUT2D eigenvalue weighted by Crippen LogP contribution is -2.29. The summed E-state index contributed by atoms with van der Waals surface area (Å²) in [5, 5.41) is 20.8. The van der Waals surface area contributed by atoms with Gasteiger partial charge in [0.15, 0.2) is 6.10 Å². The van der Waals surface area contributed by atoms with E-state index in [0.717, 1.165) is 57.8 Å². The zero-order valence-corrected chi connectivity index (χ0v) is 37.4. The highest BCUT2D eigenvalue weighted by molar-refractivity contribution is 7.47. The van der Waals surface area contributed by atoms with Gasteiger partial charge >= 0.3 is 19.8 Å². The third-order valence-corrected chi connectivity index (χ3v) is 12.0. The van der Waals surface area contributed by atoms with E-state index in [4.69, 9.17) is 24.3 Å². The van der Waals surface area contributed by atoms with Crippen LogP contribution in [0, 0.1) is 11.8 Å². The molecule has 0 amide bonds. The predicted molar refractivity (Wildman–Crippen MR) is 230 cm³/mol. The van der Waals surface area contributed by atoms with E-state index in [1.165, 1.54) is 83.5 Å². The van der Waals surface area contributed by atoms with Crippen molar-refractivity contribution in [3.05, 3.63) is 12.2 Å². The summed E-state index contributed by atoms with van der Waals surface area (Å²) in [5.74, 6) is -1.56. The highest BCUT2D eigenvalue weighted by Crippen LogP contribution is 2.43. The number of aliphatic hydroxyl groups is 2. The number of allylic oxidation sites excluding steroid dienone is 1. The van der Waals surface area contributed by atoms with Gasteiger partial charge in [0, 0.05) is 31.7 Å². The maximum atomic E-state index is 12.7. The van der Waals surface area contributed by atoms with E-state index in [-0.39, 0.29) is 50.7 Å². The minimum Gasteiger partial charge on any atom is -0.462 e. The van der Waals surface area contributed by atoms with Crippen LogP contribution in [0.5, 0.6) is 0 Å². The Morgan fingerprint density at radius 3 is 1.79 bits per heavy atom. The number of carbonyl (C=O) groups excluding carboxylic acids is 3. The summed E-state index contributed by atoms with van der Waals surface area (Å²) in [5.41, 5.74) is 5.35. The van der Waals surface area contributed by atoms with Crippen molar-refractivity contribution >= 4 is 25.5 Å². The Morgan fingerprint density at radius 2 is 1.24 bits per heavy atom. The van der Waals surface area contributed by atoms with Crippen LogP contribution in [0.3, 0.4) is 0 Å². The Morgan fingerprint density at radius 1 is 0.741 bits per heavy atom. The van der Waals surface area contributed by atoms with Crippen LogP contribution in [0.1, 0.15) is 200 Å². The number of esters is 2. The average Bonchev–Trinajstić information content (AvgIpc) is 3.47. The topological polar surface area (TPSA) is 192 Å². The Kier molecular flexibility index (Phi) is 33.8. The molecule has 0 heterocycles. The standard InChI is InChI=1S/C45H84NO11P/c1-3-5-7-8-9-10-11-12-13-14-15-16-17-18-19-20-25-29-44(50)54-36-39(37-56-58(52,53)55-34-33-46)57-45(51)30-26-22-21-24-28-40-41(43(49)35-42(40)48)32-31-38(47)27-23-6-4-2/h31-32,38-42,47-48H,3-30,33-37,46H2,1-2H3,(H,52,53)/b32-31+/t38-,39+,40+,41+,42-/m0/s1. The minimum absolute atomic E-state index is 0.000339. The number of ketones is 1. The molecule has 12 nitrogen and oxygen atoms in total. The summed E-state index contributed by atoms with van der Waals surface area (Å²) < 4.78 is 32.8. The van der Waals surface area contributed by atoms with Crippen LogP contribution in [0.2, 0.25) is 0 Å². The first-order chi connectivity index (χ1) is 28.0. The number of phosphoric acid groups is 1. The molecule has 13 heteroatoms. The van der Waals surface area contributed by atoms with Gasteiger partial charge in [0.1, 0.15) is 12.4 Å². The monoisotopic (exact) mass is 846 g/mol. The number of Topliss-reactive ketones (excluding diaryl/α,β-unsaturated/α-hetero) is 1. The zero-order valence-electron chi connectivity index (χ0n) is 36.5. The number of hydrogen-bond donors (Lipinski definition) is 4. The number of phosphoric ester groups is 1. The first-order valence-electron chi connectivity index (χ1n) is 23.3. The molecule has 0 saturated heterocycles. The van der Waals surface area contributed by atoms with Gasteiger partial charge in [-0.2, -0.15) is 0 Å². The lowest BCUT2D eigenvalue weighted by Gasteiger charge is -2.20. The molecule has 0 aromatic carbocycles. The van der Waals surface area contributed by atoms with Crippen molar-refractivity contribution in [1.29, 1.82) is 0 Å². The molecule has 0 aromatic rings. The van der Waals surface area contributed by atoms with Gasteiger partial charge in [-0.25, -0.2) is 4.57 Å². The van der Waals surface area contributed by atoms with Crippen LogP contribution in [-0.2, 0) is 37.5 Å². The van der Waals surface area contributed by atoms with Gasteiger partial charge in [0.25, 0.3) is 0 Å². The molecule has 1 saturated carbocycles. The largest absolute Gasteiger partial charge is 0.472 e. The second-order valence-corrected chi connectivity index (χ2v) is 17.9. The van der Waals surface area contributed by atoms with E-state index in [1.54, 1.807) is 12.2 Å². The molecule has 1 fully saturated rings. The Hall–Kier alpha value is -1.66. The smallest absolute Gasteiger partial charge is 0.462 e. The van der Waals surface area contributed by atoms with Crippen molar-refractivity contribution in [2.75, 3.05) is 26.4 Å². The van der Waals surface area contributed by atoms with Gasteiger partial charge in [-0.3, -0.25) is 23.4 Å². The van der Waals surface area contributed by atoms with Crippen molar-refractivity contribution in [1.82, 2.24) is 0 Å². The quantitative estimate of drug-likeness (QED) is 0.0198. The summed E-state index contributed by atoms with van der Waals surface area (Å²) in [6.45, 7) is 3.38. The van der Waals surface area contributed by atoms with Crippen LogP contribution < -0.4 is 5.73 Å². The fourth-order valence-electron chi connectivity index (χ4n) is 7.54. The lowest BCUT2D eigenvalue weighted by molar-refractivity contribution is -0.161. The molecule has 340 valence electrons. The Bertz CT molecular complexity index is 1120. The molecule has 58 heavy (non-hydrogen) atoms. The molecule has 1 aliphatic rings. The van der Waals surface area contributed by atoms with Crippen molar-refractivity contribution in [3.8, 4) is 0 Å². The minimum atomic E-state index is -4.44. The SMILES string of the molecule is CCCCCCCCCCCCCCCCCCCC(=O)OC[C@H](COP(=O)(O)OCCN)OC(=O)CCCCCC[C@H]1[C@@H](O)CC(=O)[C@@H]1/C=C/[C@@H](O)CCCCC. The van der Waals surface area contributed by atoms with Gasteiger partial charge in [-0.15, -0.1) is 0 Å². The van der Waals surface area contributed by atoms with Gasteiger partial charge < -0.3 is 30.3 Å². The fourth-order valence-corrected chi connectivity index (χ4v) is 8.31. The van der Waals surface area contributed by atoms with E-state index in [0.29, 0.717) is 25.7 Å². The van der Waals surface area contributed by atoms with E-state index in [1.807, 2.05) is 0 Å². The molecule has 0 spiro atoms. The van der Waals surface area contributed by atoms with Crippen molar-refractivity contribution < 1.29 is 52.6 Å². The number of unbranched alkanes of at least 4 members (excludes halogenated alkanes) is 21. The summed E-state index contributed by atoms with van der Waals surface area (Å²) in [7, 11) is -4.44. The summed E-state index contributed by atoms with van der Waals surface area (Å²) >= 11 is 0. The number of aliphatic hydroxyl groups excluding tert-OH is 2. The van der Waals surface area contributed by atoms with E-state index >= 15 is 0 Å². The van der Waals surface area contributed by atoms with E-state index < -0.39 is 50.6 Å². The van der Waals surface area contributed by atoms with Gasteiger partial charge in [-0.1, -0.05) is 167 Å². The predicted octanol–water partition coefficient (Wildman–Crippen LogP) is 9.98. The molecule has 1 aliphatic carbocycles. The second-order valence-electron chi connectivity index (χ2n) is 16.4. The molecular weight excluding hydrogens is 761 g/mol. The fraction of sp³-hybridized carbons (Fsp3) is 0.889. The van der Waals surface area contributed by atoms with E-state index in [2.05, 4.69) is 13.8 Å². The highest BCUT2D eigenvalue weighted by atomic mass is 31.2. The Balaban J connectivity index is 2.33. The van der Waals surface area contributed by atoms with Crippen LogP contribution in [0.15, 0.2) is 12.2 Å². The molecule has 5 N–H and O–H groups in total. The van der Waals surface area contributed by atoms with Gasteiger partial charge in [-0.05, 0) is 31.6 Å². The number of rotatable bonds is 40. The summed E-state index contributed by atoms with van der Waals surface area (Å²) in [6, 6.07) is 0. The third-order valence-electron chi connectivity index (χ3n) is 11.1. The maximum Gasteiger partial charge on any atom is 0.472 e. The van der Waals surface area contributed by atoms with Crippen LogP contribution >= 0.6 is 7.82 Å². The molecule has 0 aliphatic heterocycles. The molecule has 0 bridgehead atoms. The Labute approximate surface area is 351 Å². The van der Waals surface area contributed by atoms with Gasteiger partial charge in [0.05, 0.1) is 25.4 Å². The van der Waals surface area contributed by atoms with Crippen molar-refractivity contribution in [2.45, 2.75) is 218 Å². The van der Waals surface area contributed by atoms with Crippen molar-refractivity contribution in [3.63, 3.8) is 0 Å². The lowest BCUT2D eigenvalue weighted by atomic mass is 9.88. The molecule has 6 atom stereocenters. The number of carbonyl (C=O) groups is 3. The van der Waals surface area contributed by atoms with E-state index in [9.17, 15) is 34.1 Å². The summed E-state index contributed by atoms with van der Waals surface area (Å²) in [4.78, 5) is 47.7. The van der Waals surface area contributed by atoms with Crippen LogP contribution in [0.4, 0.5) is 0 Å². The van der Waals surface area contributed by atoms with Crippen molar-refractivity contribution in [2.24, 2.45) is 17.6 Å². The molecule has 1 unspecified atom stereocenters. The normalized spacial score (nSPS) is 19.1. The van der Waals surface area contributed by atoms with Gasteiger partial charge in [0.2, 0.25) is 0 Å². The van der Waals surface area contributed by atoms with Crippen LogP contribution in [-0.4, -0.2) is 77.5 Å². The molecule has 1 rings (SSSR count). The molecule has 0 radical (unpaired) electrons. The average molecular weight is 846 g/mol. The first-order valence-corrected chi connectivity index (χ1v) is 24.8.